The zero-order chi connectivity index (χ0) is 13.2. The molecule has 0 aliphatic heterocycles. The van der Waals surface area contributed by atoms with E-state index in [-0.39, 0.29) is 5.75 Å². The maximum Gasteiger partial charge on any atom is 0.157 e. The van der Waals surface area contributed by atoms with Crippen molar-refractivity contribution >= 4 is 21.2 Å². The fraction of sp³-hybridized carbons (Fsp3) is 0.769. The maximum atomic E-state index is 12.2. The van der Waals surface area contributed by atoms with Crippen molar-refractivity contribution in [3.05, 3.63) is 15.6 Å². The lowest BCUT2D eigenvalue weighted by molar-refractivity contribution is 0.385. The van der Waals surface area contributed by atoms with Crippen molar-refractivity contribution < 1.29 is 8.42 Å². The maximum absolute atomic E-state index is 12.2. The zero-order valence-corrected chi connectivity index (χ0v) is 12.7. The molecule has 0 N–H and O–H groups in total. The molecule has 1 heterocycles. The van der Waals surface area contributed by atoms with Crippen LogP contribution in [0.25, 0.3) is 0 Å². The van der Waals surface area contributed by atoms with Gasteiger partial charge in [-0.2, -0.15) is 0 Å². The largest absolute Gasteiger partial charge is 0.245 e. The summed E-state index contributed by atoms with van der Waals surface area (Å²) in [4.78, 5) is 5.45. The summed E-state index contributed by atoms with van der Waals surface area (Å²) in [5.41, 5.74) is 0.961. The molecule has 1 saturated carbocycles. The normalized spacial score (nSPS) is 18.1. The molecule has 0 atom stereocenters. The smallest absolute Gasteiger partial charge is 0.157 e. The summed E-state index contributed by atoms with van der Waals surface area (Å²) in [7, 11) is -2.99. The number of rotatable bonds is 4. The molecule has 0 aromatic carbocycles. The Labute approximate surface area is 114 Å². The highest BCUT2D eigenvalue weighted by Crippen LogP contribution is 2.26. The van der Waals surface area contributed by atoms with Gasteiger partial charge >= 0.3 is 0 Å². The summed E-state index contributed by atoms with van der Waals surface area (Å²) < 4.78 is 24.3. The van der Waals surface area contributed by atoms with Crippen molar-refractivity contribution in [2.24, 2.45) is 5.92 Å². The van der Waals surface area contributed by atoms with Crippen LogP contribution in [0.4, 0.5) is 0 Å². The Bertz CT molecular complexity index is 480. The molecule has 1 aromatic rings. The van der Waals surface area contributed by atoms with Crippen LogP contribution in [0.5, 0.6) is 0 Å². The first-order valence-corrected chi connectivity index (χ1v) is 9.23. The third-order valence-corrected chi connectivity index (χ3v) is 6.58. The number of aromatic nitrogens is 1. The Morgan fingerprint density at radius 1 is 1.22 bits per heavy atom. The van der Waals surface area contributed by atoms with Crippen LogP contribution in [0.2, 0.25) is 0 Å². The molecule has 18 heavy (non-hydrogen) atoms. The minimum atomic E-state index is -2.99. The molecule has 1 aliphatic rings. The van der Waals surface area contributed by atoms with Gasteiger partial charge in [0.2, 0.25) is 0 Å². The van der Waals surface area contributed by atoms with Gasteiger partial charge in [0.05, 0.1) is 11.4 Å². The van der Waals surface area contributed by atoms with Crippen molar-refractivity contribution in [2.45, 2.75) is 51.7 Å². The molecule has 3 nitrogen and oxygen atoms in total. The molecule has 1 aliphatic carbocycles. The second kappa shape index (κ2) is 5.70. The Morgan fingerprint density at radius 2 is 1.89 bits per heavy atom. The lowest BCUT2D eigenvalue weighted by Crippen LogP contribution is -2.20. The van der Waals surface area contributed by atoms with E-state index in [0.29, 0.717) is 11.7 Å². The van der Waals surface area contributed by atoms with Crippen LogP contribution < -0.4 is 0 Å². The van der Waals surface area contributed by atoms with E-state index in [1.807, 2.05) is 13.8 Å². The highest BCUT2D eigenvalue weighted by molar-refractivity contribution is 7.90. The van der Waals surface area contributed by atoms with Gasteiger partial charge in [0.25, 0.3) is 0 Å². The molecule has 5 heteroatoms. The van der Waals surface area contributed by atoms with Gasteiger partial charge < -0.3 is 0 Å². The molecule has 0 bridgehead atoms. The molecule has 0 radical (unpaired) electrons. The van der Waals surface area contributed by atoms with E-state index < -0.39 is 9.84 Å². The number of hydrogen-bond donors (Lipinski definition) is 0. The molecular formula is C13H21NO2S2. The average Bonchev–Trinajstić information content (AvgIpc) is 2.57. The molecule has 1 fully saturated rings. The Kier molecular flexibility index (Phi) is 4.43. The molecule has 0 unspecified atom stereocenters. The number of hydrogen-bond acceptors (Lipinski definition) is 4. The second-order valence-corrected chi connectivity index (χ2v) is 8.70. The van der Waals surface area contributed by atoms with Crippen molar-refractivity contribution in [3.8, 4) is 0 Å². The summed E-state index contributed by atoms with van der Waals surface area (Å²) in [5, 5.41) is 0.751. The van der Waals surface area contributed by atoms with E-state index in [9.17, 15) is 8.42 Å². The van der Waals surface area contributed by atoms with Crippen LogP contribution in [0, 0.1) is 19.8 Å². The fourth-order valence-corrected chi connectivity index (χ4v) is 5.67. The summed E-state index contributed by atoms with van der Waals surface area (Å²) in [6.07, 6.45) is 5.80. The third kappa shape index (κ3) is 3.79. The Hall–Kier alpha value is -0.420. The van der Waals surface area contributed by atoms with Crippen LogP contribution >= 0.6 is 11.3 Å². The van der Waals surface area contributed by atoms with Crippen molar-refractivity contribution in [1.82, 2.24) is 4.98 Å². The van der Waals surface area contributed by atoms with E-state index in [0.717, 1.165) is 28.4 Å². The topological polar surface area (TPSA) is 47.0 Å². The minimum absolute atomic E-state index is 0.128. The first kappa shape index (κ1) is 14.0. The van der Waals surface area contributed by atoms with E-state index >= 15 is 0 Å². The molecular weight excluding hydrogens is 266 g/mol. The Morgan fingerprint density at radius 3 is 2.44 bits per heavy atom. The van der Waals surface area contributed by atoms with Gasteiger partial charge in [0, 0.05) is 4.88 Å². The predicted molar refractivity (Wildman–Crippen MR) is 75.7 cm³/mol. The monoisotopic (exact) mass is 287 g/mol. The fourth-order valence-electron chi connectivity index (χ4n) is 2.56. The van der Waals surface area contributed by atoms with Crippen LogP contribution in [0.1, 0.15) is 47.7 Å². The Balaban J connectivity index is 1.98. The van der Waals surface area contributed by atoms with Crippen LogP contribution in [-0.4, -0.2) is 19.2 Å². The van der Waals surface area contributed by atoms with Crippen molar-refractivity contribution in [2.75, 3.05) is 5.75 Å². The lowest BCUT2D eigenvalue weighted by atomic mass is 9.91. The number of thiazole rings is 1. The molecule has 0 spiro atoms. The van der Waals surface area contributed by atoms with Crippen LogP contribution in [0.15, 0.2) is 0 Å². The van der Waals surface area contributed by atoms with Crippen molar-refractivity contribution in [1.29, 1.82) is 0 Å². The van der Waals surface area contributed by atoms with E-state index in [4.69, 9.17) is 0 Å². The highest BCUT2D eigenvalue weighted by atomic mass is 32.2. The molecule has 0 amide bonds. The first-order valence-electron chi connectivity index (χ1n) is 6.59. The third-order valence-electron chi connectivity index (χ3n) is 3.63. The lowest BCUT2D eigenvalue weighted by Gasteiger charge is -2.20. The second-order valence-electron chi connectivity index (χ2n) is 5.31. The minimum Gasteiger partial charge on any atom is -0.245 e. The number of sulfone groups is 1. The molecule has 102 valence electrons. The van der Waals surface area contributed by atoms with Crippen LogP contribution in [-0.2, 0) is 15.6 Å². The van der Waals surface area contributed by atoms with Gasteiger partial charge in [-0.15, -0.1) is 11.3 Å². The molecule has 1 aromatic heterocycles. The van der Waals surface area contributed by atoms with Gasteiger partial charge in [-0.1, -0.05) is 19.3 Å². The summed E-state index contributed by atoms with van der Waals surface area (Å²) in [6, 6.07) is 0. The predicted octanol–water partition coefficient (Wildman–Crippen LogP) is 3.26. The molecule has 0 saturated heterocycles. The highest BCUT2D eigenvalue weighted by Gasteiger charge is 2.22. The van der Waals surface area contributed by atoms with Crippen molar-refractivity contribution in [3.63, 3.8) is 0 Å². The van der Waals surface area contributed by atoms with E-state index in [2.05, 4.69) is 4.98 Å². The van der Waals surface area contributed by atoms with Crippen LogP contribution in [0.3, 0.4) is 0 Å². The summed E-state index contributed by atoms with van der Waals surface area (Å²) >= 11 is 1.51. The van der Waals surface area contributed by atoms with Gasteiger partial charge in [-0.05, 0) is 32.6 Å². The number of nitrogens with zero attached hydrogens (tertiary/aromatic N) is 1. The SMILES string of the molecule is Cc1nc(CS(=O)(=O)CC2CCCCC2)sc1C. The first-order chi connectivity index (χ1) is 8.46. The van der Waals surface area contributed by atoms with E-state index in [1.165, 1.54) is 30.6 Å². The number of aryl methyl sites for hydroxylation is 2. The summed E-state index contributed by atoms with van der Waals surface area (Å²) in [6.45, 7) is 3.92. The molecule has 2 rings (SSSR count). The quantitative estimate of drug-likeness (QED) is 0.854. The average molecular weight is 287 g/mol. The standard InChI is InChI=1S/C13H21NO2S2/c1-10-11(2)17-13(14-10)9-18(15,16)8-12-6-4-3-5-7-12/h12H,3-9H2,1-2H3. The zero-order valence-electron chi connectivity index (χ0n) is 11.1. The van der Waals surface area contributed by atoms with E-state index in [1.54, 1.807) is 0 Å². The van der Waals surface area contributed by atoms with Gasteiger partial charge in [-0.25, -0.2) is 13.4 Å². The summed E-state index contributed by atoms with van der Waals surface area (Å²) in [5.74, 6) is 0.860. The van der Waals surface area contributed by atoms with Gasteiger partial charge in [-0.3, -0.25) is 0 Å². The van der Waals surface area contributed by atoms with Gasteiger partial charge in [0.15, 0.2) is 9.84 Å². The van der Waals surface area contributed by atoms with Gasteiger partial charge in [0.1, 0.15) is 10.8 Å².